The van der Waals surface area contributed by atoms with Crippen LogP contribution in [-0.2, 0) is 0 Å². The van der Waals surface area contributed by atoms with Crippen molar-refractivity contribution in [3.05, 3.63) is 36.0 Å². The quantitative estimate of drug-likeness (QED) is 0.907. The van der Waals surface area contributed by atoms with Gasteiger partial charge in [0.25, 0.3) is 5.91 Å². The minimum atomic E-state index is 0.0232. The van der Waals surface area contributed by atoms with Gasteiger partial charge in [-0.2, -0.15) is 0 Å². The molecule has 1 aromatic heterocycles. The monoisotopic (exact) mass is 285 g/mol. The van der Waals surface area contributed by atoms with Gasteiger partial charge >= 0.3 is 0 Å². The fourth-order valence-corrected chi connectivity index (χ4v) is 3.07. The van der Waals surface area contributed by atoms with Crippen molar-refractivity contribution in [1.29, 1.82) is 0 Å². The van der Waals surface area contributed by atoms with Crippen molar-refractivity contribution in [3.63, 3.8) is 0 Å². The third-order valence-electron chi connectivity index (χ3n) is 4.25. The lowest BCUT2D eigenvalue weighted by Crippen LogP contribution is -2.35. The molecule has 0 saturated carbocycles. The summed E-state index contributed by atoms with van der Waals surface area (Å²) >= 11 is 0. The number of aromatic nitrogens is 1. The first kappa shape index (κ1) is 14.1. The van der Waals surface area contributed by atoms with E-state index in [0.717, 1.165) is 29.6 Å². The number of fused-ring (bicyclic) bond motifs is 1. The number of nitrogens with zero attached hydrogens (tertiary/aromatic N) is 1. The van der Waals surface area contributed by atoms with Crippen LogP contribution in [0, 0.1) is 0 Å². The second kappa shape index (κ2) is 6.76. The van der Waals surface area contributed by atoms with Gasteiger partial charge in [-0.25, -0.2) is 0 Å². The van der Waals surface area contributed by atoms with Gasteiger partial charge in [0.05, 0.1) is 0 Å². The van der Waals surface area contributed by atoms with E-state index >= 15 is 0 Å². The number of aromatic amines is 1. The molecule has 112 valence electrons. The maximum absolute atomic E-state index is 12.3. The van der Waals surface area contributed by atoms with Gasteiger partial charge in [-0.1, -0.05) is 18.9 Å². The van der Waals surface area contributed by atoms with Crippen LogP contribution in [0.15, 0.2) is 30.5 Å². The lowest BCUT2D eigenvalue weighted by molar-refractivity contribution is 0.0950. The van der Waals surface area contributed by atoms with Crippen LogP contribution < -0.4 is 5.32 Å². The maximum Gasteiger partial charge on any atom is 0.252 e. The predicted molar refractivity (Wildman–Crippen MR) is 85.5 cm³/mol. The summed E-state index contributed by atoms with van der Waals surface area (Å²) in [5.74, 6) is 0.0232. The molecule has 4 nitrogen and oxygen atoms in total. The van der Waals surface area contributed by atoms with E-state index in [1.165, 1.54) is 38.8 Å². The predicted octanol–water partition coefficient (Wildman–Crippen LogP) is 2.77. The Morgan fingerprint density at radius 1 is 1.14 bits per heavy atom. The van der Waals surface area contributed by atoms with Crippen molar-refractivity contribution in [1.82, 2.24) is 15.2 Å². The lowest BCUT2D eigenvalue weighted by atomic mass is 10.1. The van der Waals surface area contributed by atoms with Gasteiger partial charge < -0.3 is 15.2 Å². The molecule has 0 radical (unpaired) electrons. The lowest BCUT2D eigenvalue weighted by Gasteiger charge is -2.19. The number of nitrogens with one attached hydrogen (secondary N) is 2. The highest BCUT2D eigenvalue weighted by Crippen LogP contribution is 2.17. The average molecular weight is 285 g/mol. The Morgan fingerprint density at radius 3 is 2.76 bits per heavy atom. The number of carbonyl (C=O) groups excluding carboxylic acids is 1. The molecular formula is C17H23N3O. The Kier molecular flexibility index (Phi) is 4.55. The molecule has 1 saturated heterocycles. The molecule has 4 heteroatoms. The third-order valence-corrected chi connectivity index (χ3v) is 4.25. The van der Waals surface area contributed by atoms with Crippen molar-refractivity contribution in [2.45, 2.75) is 25.7 Å². The second-order valence-corrected chi connectivity index (χ2v) is 5.76. The summed E-state index contributed by atoms with van der Waals surface area (Å²) in [6.45, 7) is 4.01. The zero-order valence-electron chi connectivity index (χ0n) is 12.4. The molecule has 1 fully saturated rings. The number of rotatable bonds is 4. The van der Waals surface area contributed by atoms with Crippen molar-refractivity contribution in [2.24, 2.45) is 0 Å². The van der Waals surface area contributed by atoms with Crippen LogP contribution in [0.3, 0.4) is 0 Å². The van der Waals surface area contributed by atoms with E-state index in [2.05, 4.69) is 15.2 Å². The van der Waals surface area contributed by atoms with Crippen LogP contribution in [0.2, 0.25) is 0 Å². The molecule has 1 aromatic carbocycles. The normalized spacial score (nSPS) is 16.8. The summed E-state index contributed by atoms with van der Waals surface area (Å²) in [4.78, 5) is 17.9. The van der Waals surface area contributed by atoms with Gasteiger partial charge in [-0.15, -0.1) is 0 Å². The van der Waals surface area contributed by atoms with Gasteiger partial charge in [-0.3, -0.25) is 4.79 Å². The summed E-state index contributed by atoms with van der Waals surface area (Å²) < 4.78 is 0. The summed E-state index contributed by atoms with van der Waals surface area (Å²) in [5, 5.41) is 4.04. The first-order valence-corrected chi connectivity index (χ1v) is 7.91. The topological polar surface area (TPSA) is 48.1 Å². The summed E-state index contributed by atoms with van der Waals surface area (Å²) in [7, 11) is 0. The van der Waals surface area contributed by atoms with Crippen LogP contribution in [0.5, 0.6) is 0 Å². The van der Waals surface area contributed by atoms with Crippen LogP contribution in [0.1, 0.15) is 36.0 Å². The number of hydrogen-bond acceptors (Lipinski definition) is 2. The highest BCUT2D eigenvalue weighted by atomic mass is 16.1. The standard InChI is InChI=1S/C17H23N3O/c21-17(15-6-5-7-16-14(15)8-9-18-16)19-10-13-20-11-3-1-2-4-12-20/h5-9,18H,1-4,10-13H2,(H,19,21). The van der Waals surface area contributed by atoms with Crippen LogP contribution in [-0.4, -0.2) is 42.0 Å². The average Bonchev–Trinajstić information content (AvgIpc) is 2.83. The van der Waals surface area contributed by atoms with Crippen molar-refractivity contribution in [2.75, 3.05) is 26.2 Å². The summed E-state index contributed by atoms with van der Waals surface area (Å²) in [5.41, 5.74) is 1.76. The van der Waals surface area contributed by atoms with E-state index in [1.807, 2.05) is 30.5 Å². The number of benzene rings is 1. The number of amides is 1. The fraction of sp³-hybridized carbons (Fsp3) is 0.471. The van der Waals surface area contributed by atoms with E-state index in [-0.39, 0.29) is 5.91 Å². The van der Waals surface area contributed by atoms with Gasteiger partial charge in [0.15, 0.2) is 0 Å². The highest BCUT2D eigenvalue weighted by molar-refractivity contribution is 6.06. The van der Waals surface area contributed by atoms with E-state index in [9.17, 15) is 4.79 Å². The highest BCUT2D eigenvalue weighted by Gasteiger charge is 2.12. The fourth-order valence-electron chi connectivity index (χ4n) is 3.07. The molecule has 2 N–H and O–H groups in total. The SMILES string of the molecule is O=C(NCCN1CCCCCC1)c1cccc2[nH]ccc12. The molecule has 21 heavy (non-hydrogen) atoms. The zero-order valence-corrected chi connectivity index (χ0v) is 12.4. The van der Waals surface area contributed by atoms with Crippen LogP contribution in [0.4, 0.5) is 0 Å². The first-order chi connectivity index (χ1) is 10.3. The van der Waals surface area contributed by atoms with Gasteiger partial charge in [0.2, 0.25) is 0 Å². The number of hydrogen-bond donors (Lipinski definition) is 2. The molecule has 1 amide bonds. The third kappa shape index (κ3) is 3.45. The molecule has 1 aliphatic heterocycles. The largest absolute Gasteiger partial charge is 0.361 e. The number of likely N-dealkylation sites (tertiary alicyclic amines) is 1. The van der Waals surface area contributed by atoms with Crippen molar-refractivity contribution >= 4 is 16.8 Å². The van der Waals surface area contributed by atoms with Crippen molar-refractivity contribution in [3.8, 4) is 0 Å². The van der Waals surface area contributed by atoms with Gasteiger partial charge in [0.1, 0.15) is 0 Å². The van der Waals surface area contributed by atoms with Gasteiger partial charge in [0, 0.05) is 35.8 Å². The Morgan fingerprint density at radius 2 is 1.95 bits per heavy atom. The summed E-state index contributed by atoms with van der Waals surface area (Å²) in [6.07, 6.45) is 7.14. The Labute approximate surface area is 125 Å². The van der Waals surface area contributed by atoms with E-state index in [4.69, 9.17) is 0 Å². The molecule has 1 aliphatic rings. The minimum absolute atomic E-state index is 0.0232. The zero-order chi connectivity index (χ0) is 14.5. The molecule has 3 rings (SSSR count). The Balaban J connectivity index is 1.55. The Bertz CT molecular complexity index is 597. The second-order valence-electron chi connectivity index (χ2n) is 5.76. The minimum Gasteiger partial charge on any atom is -0.361 e. The molecule has 0 bridgehead atoms. The Hall–Kier alpha value is -1.81. The van der Waals surface area contributed by atoms with Crippen LogP contribution >= 0.6 is 0 Å². The number of carbonyl (C=O) groups is 1. The maximum atomic E-state index is 12.3. The van der Waals surface area contributed by atoms with Gasteiger partial charge in [-0.05, 0) is 44.1 Å². The molecule has 0 spiro atoms. The van der Waals surface area contributed by atoms with E-state index < -0.39 is 0 Å². The van der Waals surface area contributed by atoms with E-state index in [0.29, 0.717) is 0 Å². The molecule has 0 unspecified atom stereocenters. The molecule has 0 atom stereocenters. The van der Waals surface area contributed by atoms with Crippen LogP contribution in [0.25, 0.3) is 10.9 Å². The smallest absolute Gasteiger partial charge is 0.252 e. The number of H-pyrrole nitrogens is 1. The van der Waals surface area contributed by atoms with E-state index in [1.54, 1.807) is 0 Å². The molecular weight excluding hydrogens is 262 g/mol. The summed E-state index contributed by atoms with van der Waals surface area (Å²) in [6, 6.07) is 7.75. The molecule has 0 aliphatic carbocycles. The molecule has 2 heterocycles. The van der Waals surface area contributed by atoms with Crippen molar-refractivity contribution < 1.29 is 4.79 Å². The molecule has 2 aromatic rings. The first-order valence-electron chi connectivity index (χ1n) is 7.91.